The first-order valence-electron chi connectivity index (χ1n) is 10.8. The fourth-order valence-electron chi connectivity index (χ4n) is 4.10. The predicted octanol–water partition coefficient (Wildman–Crippen LogP) is 3.83. The van der Waals surface area contributed by atoms with Crippen molar-refractivity contribution in [3.8, 4) is 28.3 Å². The number of fused-ring (bicyclic) bond motifs is 3. The van der Waals surface area contributed by atoms with Crippen LogP contribution in [0.25, 0.3) is 22.5 Å². The molecule has 5 rings (SSSR count). The lowest BCUT2D eigenvalue weighted by molar-refractivity contribution is -0.0498. The van der Waals surface area contributed by atoms with Crippen LogP contribution in [-0.2, 0) is 31.2 Å². The quantitative estimate of drug-likeness (QED) is 0.421. The minimum Gasteiger partial charge on any atom is -0.435 e. The van der Waals surface area contributed by atoms with Gasteiger partial charge >= 0.3 is 6.61 Å². The van der Waals surface area contributed by atoms with Crippen molar-refractivity contribution in [1.29, 1.82) is 0 Å². The molecule has 1 aliphatic rings. The number of nitrogens with zero attached hydrogens (tertiary/aromatic N) is 6. The maximum atomic E-state index is 12.5. The van der Waals surface area contributed by atoms with Crippen LogP contribution in [0.4, 0.5) is 20.5 Å². The average molecular weight is 467 g/mol. The molecule has 0 atom stereocenters. The van der Waals surface area contributed by atoms with E-state index in [1.54, 1.807) is 28.6 Å². The lowest BCUT2D eigenvalue weighted by Gasteiger charge is -2.17. The molecular formula is C23H23F2N7O2. The van der Waals surface area contributed by atoms with E-state index in [2.05, 4.69) is 20.1 Å². The Kier molecular flexibility index (Phi) is 5.93. The van der Waals surface area contributed by atoms with Crippen LogP contribution in [0, 0.1) is 0 Å². The van der Waals surface area contributed by atoms with Crippen LogP contribution in [-0.4, -0.2) is 49.9 Å². The summed E-state index contributed by atoms with van der Waals surface area (Å²) in [6.07, 6.45) is 5.24. The molecule has 0 radical (unpaired) electrons. The van der Waals surface area contributed by atoms with Gasteiger partial charge in [0.05, 0.1) is 30.2 Å². The Labute approximate surface area is 194 Å². The Bertz CT molecular complexity index is 1300. The van der Waals surface area contributed by atoms with E-state index in [1.165, 1.54) is 12.1 Å². The molecule has 4 aromatic rings. The summed E-state index contributed by atoms with van der Waals surface area (Å²) in [5.41, 5.74) is 5.36. The Morgan fingerprint density at radius 3 is 2.71 bits per heavy atom. The molecule has 11 heteroatoms. The second kappa shape index (κ2) is 9.18. The highest BCUT2D eigenvalue weighted by Crippen LogP contribution is 2.40. The van der Waals surface area contributed by atoms with E-state index >= 15 is 0 Å². The zero-order chi connectivity index (χ0) is 23.7. The second-order valence-corrected chi connectivity index (χ2v) is 7.85. The van der Waals surface area contributed by atoms with Crippen molar-refractivity contribution in [2.75, 3.05) is 19.0 Å². The Hall–Kier alpha value is -3.86. The number of rotatable bonds is 8. The van der Waals surface area contributed by atoms with E-state index < -0.39 is 6.61 Å². The molecule has 0 spiro atoms. The largest absolute Gasteiger partial charge is 0.435 e. The van der Waals surface area contributed by atoms with Gasteiger partial charge in [-0.1, -0.05) is 0 Å². The highest BCUT2D eigenvalue weighted by molar-refractivity contribution is 5.84. The number of halogens is 2. The van der Waals surface area contributed by atoms with Crippen LogP contribution >= 0.6 is 0 Å². The van der Waals surface area contributed by atoms with E-state index in [9.17, 15) is 8.78 Å². The molecule has 176 valence electrons. The maximum absolute atomic E-state index is 12.5. The second-order valence-electron chi connectivity index (χ2n) is 7.85. The van der Waals surface area contributed by atoms with Crippen molar-refractivity contribution in [2.45, 2.75) is 26.0 Å². The Morgan fingerprint density at radius 1 is 1.12 bits per heavy atom. The number of hydrogen-bond donors (Lipinski definition) is 1. The number of hydrogen-bond acceptors (Lipinski definition) is 7. The number of nitrogens with one attached hydrogen (secondary N) is 1. The topological polar surface area (TPSA) is 91.9 Å². The molecule has 0 aliphatic heterocycles. The number of aryl methyl sites for hydroxylation is 3. The van der Waals surface area contributed by atoms with Crippen molar-refractivity contribution in [2.24, 2.45) is 7.05 Å². The Balaban J connectivity index is 1.48. The molecule has 0 unspecified atom stereocenters. The number of benzene rings is 1. The van der Waals surface area contributed by atoms with Gasteiger partial charge in [0, 0.05) is 43.7 Å². The first-order valence-corrected chi connectivity index (χ1v) is 10.8. The lowest BCUT2D eigenvalue weighted by atomic mass is 9.91. The predicted molar refractivity (Wildman–Crippen MR) is 121 cm³/mol. The molecule has 34 heavy (non-hydrogen) atoms. The van der Waals surface area contributed by atoms with Crippen molar-refractivity contribution in [1.82, 2.24) is 29.5 Å². The van der Waals surface area contributed by atoms with Gasteiger partial charge in [0.25, 0.3) is 0 Å². The fraction of sp³-hybridized carbons (Fsp3) is 0.304. The molecule has 1 aromatic carbocycles. The van der Waals surface area contributed by atoms with E-state index in [0.29, 0.717) is 24.9 Å². The summed E-state index contributed by atoms with van der Waals surface area (Å²) in [5.74, 6) is 1.17. The molecule has 1 aliphatic carbocycles. The number of alkyl halides is 2. The lowest BCUT2D eigenvalue weighted by Crippen LogP contribution is -2.09. The monoisotopic (exact) mass is 467 g/mol. The summed E-state index contributed by atoms with van der Waals surface area (Å²) in [6.45, 7) is -1.65. The van der Waals surface area contributed by atoms with E-state index in [-0.39, 0.29) is 5.75 Å². The molecule has 3 heterocycles. The fourth-order valence-corrected chi connectivity index (χ4v) is 4.10. The van der Waals surface area contributed by atoms with E-state index in [4.69, 9.17) is 14.8 Å². The molecule has 0 fully saturated rings. The summed E-state index contributed by atoms with van der Waals surface area (Å²) in [7, 11) is 3.51. The standard InChI is InChI=1S/C23H23F2N7O2/c1-31-21(14-3-6-16(7-4-14)34-22(24)25)19-17(29-31)8-5-15-13-26-23(28-20(15)19)27-18-9-10-32(30-18)11-12-33-2/h3-4,6-7,9-10,13,22H,5,8,11-12H2,1-2H3,(H,26,27,28,30). The Morgan fingerprint density at radius 2 is 1.94 bits per heavy atom. The van der Waals surface area contributed by atoms with Gasteiger partial charge < -0.3 is 14.8 Å². The number of anilines is 2. The van der Waals surface area contributed by atoms with Gasteiger partial charge in [-0.2, -0.15) is 19.0 Å². The molecule has 0 saturated carbocycles. The van der Waals surface area contributed by atoms with Crippen LogP contribution in [0.2, 0.25) is 0 Å². The maximum Gasteiger partial charge on any atom is 0.387 e. The summed E-state index contributed by atoms with van der Waals surface area (Å²) < 4.78 is 38.2. The molecule has 9 nitrogen and oxygen atoms in total. The summed E-state index contributed by atoms with van der Waals surface area (Å²) in [5, 5.41) is 12.3. The van der Waals surface area contributed by atoms with Gasteiger partial charge in [-0.3, -0.25) is 9.36 Å². The van der Waals surface area contributed by atoms with Gasteiger partial charge in [-0.15, -0.1) is 0 Å². The van der Waals surface area contributed by atoms with Crippen LogP contribution in [0.1, 0.15) is 11.3 Å². The first-order chi connectivity index (χ1) is 16.5. The smallest absolute Gasteiger partial charge is 0.387 e. The molecular weight excluding hydrogens is 444 g/mol. The van der Waals surface area contributed by atoms with Crippen molar-refractivity contribution in [3.05, 3.63) is 54.0 Å². The third-order valence-electron chi connectivity index (χ3n) is 5.61. The van der Waals surface area contributed by atoms with Crippen molar-refractivity contribution >= 4 is 11.8 Å². The third-order valence-corrected chi connectivity index (χ3v) is 5.61. The number of aromatic nitrogens is 6. The van der Waals surface area contributed by atoms with Crippen molar-refractivity contribution in [3.63, 3.8) is 0 Å². The minimum atomic E-state index is -2.86. The summed E-state index contributed by atoms with van der Waals surface area (Å²) >= 11 is 0. The zero-order valence-electron chi connectivity index (χ0n) is 18.7. The highest BCUT2D eigenvalue weighted by atomic mass is 19.3. The molecule has 0 saturated heterocycles. The van der Waals surface area contributed by atoms with Crippen molar-refractivity contribution < 1.29 is 18.3 Å². The van der Waals surface area contributed by atoms with E-state index in [1.807, 2.05) is 25.5 Å². The molecule has 0 amide bonds. The first kappa shape index (κ1) is 22.0. The molecule has 3 aromatic heterocycles. The van der Waals surface area contributed by atoms with Gasteiger partial charge in [0.1, 0.15) is 5.75 Å². The van der Waals surface area contributed by atoms with Gasteiger partial charge in [0.15, 0.2) is 5.82 Å². The van der Waals surface area contributed by atoms with Gasteiger partial charge in [-0.05, 0) is 42.7 Å². The summed E-state index contributed by atoms with van der Waals surface area (Å²) in [4.78, 5) is 9.27. The summed E-state index contributed by atoms with van der Waals surface area (Å²) in [6, 6.07) is 8.39. The SMILES string of the molecule is COCCn1ccc(Nc2ncc3c(n2)-c2c(nn(C)c2-c2ccc(OC(F)F)cc2)CC3)n1. The van der Waals surface area contributed by atoms with Crippen LogP contribution < -0.4 is 10.1 Å². The minimum absolute atomic E-state index is 0.105. The van der Waals surface area contributed by atoms with Crippen LogP contribution in [0.5, 0.6) is 5.75 Å². The van der Waals surface area contributed by atoms with E-state index in [0.717, 1.165) is 46.6 Å². The van der Waals surface area contributed by atoms with Crippen LogP contribution in [0.15, 0.2) is 42.7 Å². The number of ether oxygens (including phenoxy) is 2. The zero-order valence-corrected chi connectivity index (χ0v) is 18.7. The van der Waals surface area contributed by atoms with Gasteiger partial charge in [0.2, 0.25) is 5.95 Å². The third kappa shape index (κ3) is 4.34. The van der Waals surface area contributed by atoms with Crippen LogP contribution in [0.3, 0.4) is 0 Å². The molecule has 0 bridgehead atoms. The molecule has 1 N–H and O–H groups in total. The average Bonchev–Trinajstić information content (AvgIpc) is 3.41. The van der Waals surface area contributed by atoms with Gasteiger partial charge in [-0.25, -0.2) is 9.97 Å². The normalized spacial score (nSPS) is 12.5. The highest BCUT2D eigenvalue weighted by Gasteiger charge is 2.27. The number of methoxy groups -OCH3 is 1.